The molecule has 31 heavy (non-hydrogen) atoms. The van der Waals surface area contributed by atoms with Crippen LogP contribution in [-0.4, -0.2) is 51.8 Å². The third-order valence-corrected chi connectivity index (χ3v) is 9.03. The molecule has 0 aliphatic rings. The van der Waals surface area contributed by atoms with Gasteiger partial charge in [-0.3, -0.25) is 0 Å². The van der Waals surface area contributed by atoms with Gasteiger partial charge in [0.25, 0.3) is 0 Å². The van der Waals surface area contributed by atoms with Gasteiger partial charge in [-0.15, -0.1) is 4.67 Å². The molecule has 0 amide bonds. The van der Waals surface area contributed by atoms with Crippen molar-refractivity contribution < 1.29 is 9.57 Å². The fourth-order valence-corrected chi connectivity index (χ4v) is 7.48. The van der Waals surface area contributed by atoms with E-state index in [0.29, 0.717) is 22.9 Å². The zero-order chi connectivity index (χ0) is 23.4. The number of nitrogen functional groups attached to an aromatic ring is 2. The fraction of sp³-hybridized carbons (Fsp3) is 0.333. The van der Waals surface area contributed by atoms with Crippen LogP contribution in [0.15, 0.2) is 53.4 Å². The van der Waals surface area contributed by atoms with Crippen LogP contribution < -0.4 is 21.0 Å². The third kappa shape index (κ3) is 6.24. The van der Waals surface area contributed by atoms with E-state index in [1.165, 1.54) is 4.67 Å². The van der Waals surface area contributed by atoms with Crippen molar-refractivity contribution in [2.24, 2.45) is 4.91 Å². The SMILES string of the molecule is CN(C)P(=NOc1ccc(N)cc1)(N(C)C)N(C(Cl)Cl)C(Cl)(Cl)Oc1ccc(N)cc1. The molecule has 0 heterocycles. The average molecular weight is 530 g/mol. The van der Waals surface area contributed by atoms with E-state index in [0.717, 1.165) is 0 Å². The van der Waals surface area contributed by atoms with Gasteiger partial charge in [0.15, 0.2) is 10.7 Å². The lowest BCUT2D eigenvalue weighted by Gasteiger charge is -2.47. The lowest BCUT2D eigenvalue weighted by Crippen LogP contribution is -2.49. The van der Waals surface area contributed by atoms with Crippen LogP contribution in [0.2, 0.25) is 0 Å². The Kier molecular flexibility index (Phi) is 9.02. The molecule has 0 aliphatic heterocycles. The number of alkyl halides is 4. The summed E-state index contributed by atoms with van der Waals surface area (Å²) in [5, 5.41) is 0. The Bertz CT molecular complexity index is 898. The number of nitrogens with two attached hydrogens (primary N) is 2. The number of hydrogen-bond donors (Lipinski definition) is 2. The minimum atomic E-state index is -3.06. The number of anilines is 2. The summed E-state index contributed by atoms with van der Waals surface area (Å²) in [6.07, 6.45) is 0. The zero-order valence-corrected chi connectivity index (χ0v) is 21.3. The first-order valence-corrected chi connectivity index (χ1v) is 12.1. The predicted octanol–water partition coefficient (Wildman–Crippen LogP) is 5.45. The summed E-state index contributed by atoms with van der Waals surface area (Å²) in [6, 6.07) is 13.3. The molecule has 4 N–H and O–H groups in total. The Morgan fingerprint density at radius 2 is 1.26 bits per heavy atom. The maximum Gasteiger partial charge on any atom is 0.329 e. The van der Waals surface area contributed by atoms with Crippen molar-refractivity contribution in [3.63, 3.8) is 0 Å². The molecule has 2 rings (SSSR count). The molecule has 13 heteroatoms. The van der Waals surface area contributed by atoms with Crippen molar-refractivity contribution in [2.45, 2.75) is 9.60 Å². The van der Waals surface area contributed by atoms with Crippen LogP contribution in [0.25, 0.3) is 0 Å². The number of rotatable bonds is 9. The van der Waals surface area contributed by atoms with Gasteiger partial charge in [0.1, 0.15) is 5.75 Å². The van der Waals surface area contributed by atoms with E-state index in [4.69, 9.17) is 67.4 Å². The monoisotopic (exact) mass is 528 g/mol. The zero-order valence-electron chi connectivity index (χ0n) is 17.4. The fourth-order valence-electron chi connectivity index (χ4n) is 2.67. The lowest BCUT2D eigenvalue weighted by molar-refractivity contribution is 0.117. The normalized spacial score (nSPS) is 12.6. The number of halogens is 4. The molecule has 0 fully saturated rings. The summed E-state index contributed by atoms with van der Waals surface area (Å²) < 4.78 is 8.68. The largest absolute Gasteiger partial charge is 0.445 e. The van der Waals surface area contributed by atoms with E-state index in [1.54, 1.807) is 86.1 Å². The molecule has 2 aromatic rings. The second kappa shape index (κ2) is 10.7. The second-order valence-corrected chi connectivity index (χ2v) is 12.3. The van der Waals surface area contributed by atoms with Gasteiger partial charge in [-0.25, -0.2) is 9.34 Å². The number of nitrogens with zero attached hydrogens (tertiary/aromatic N) is 4. The summed E-state index contributed by atoms with van der Waals surface area (Å²) >= 11 is 26.0. The first kappa shape index (κ1) is 26.2. The Hall–Kier alpha value is -1.09. The highest BCUT2D eigenvalue weighted by atomic mass is 35.5. The van der Waals surface area contributed by atoms with Gasteiger partial charge < -0.3 is 21.0 Å². The van der Waals surface area contributed by atoms with Crippen LogP contribution in [0.3, 0.4) is 0 Å². The maximum absolute atomic E-state index is 6.66. The molecule has 0 radical (unpaired) electrons. The molecule has 0 aliphatic carbocycles. The Balaban J connectivity index is 2.56. The summed E-state index contributed by atoms with van der Waals surface area (Å²) in [7, 11) is 4.05. The second-order valence-electron chi connectivity index (χ2n) is 6.75. The highest BCUT2D eigenvalue weighted by Gasteiger charge is 2.51. The maximum atomic E-state index is 6.66. The van der Waals surface area contributed by atoms with Gasteiger partial charge in [-0.2, -0.15) is 0 Å². The standard InChI is InChI=1S/C18H25Cl4N6O2P/c1-26(2)31(27(3)4,25-30-16-11-7-14(24)8-12-16)28(17(19)20)18(21,22)29-15-9-5-13(23)6-10-15/h5-12,17H,23-24H2,1-4H3. The predicted molar refractivity (Wildman–Crippen MR) is 131 cm³/mol. The van der Waals surface area contributed by atoms with E-state index < -0.39 is 17.1 Å². The molecule has 8 nitrogen and oxygen atoms in total. The van der Waals surface area contributed by atoms with Gasteiger partial charge in [-0.1, -0.05) is 28.1 Å². The molecule has 0 atom stereocenters. The minimum Gasteiger partial charge on any atom is -0.445 e. The first-order valence-electron chi connectivity index (χ1n) is 8.90. The van der Waals surface area contributed by atoms with E-state index in [-0.39, 0.29) is 0 Å². The average Bonchev–Trinajstić information content (AvgIpc) is 2.66. The first-order chi connectivity index (χ1) is 14.4. The van der Waals surface area contributed by atoms with Gasteiger partial charge in [-0.05, 0) is 99.9 Å². The lowest BCUT2D eigenvalue weighted by atomic mass is 10.3. The van der Waals surface area contributed by atoms with Crippen molar-refractivity contribution in [1.29, 1.82) is 0 Å². The van der Waals surface area contributed by atoms with E-state index >= 15 is 0 Å². The molecule has 0 saturated carbocycles. The quantitative estimate of drug-likeness (QED) is 0.111. The van der Waals surface area contributed by atoms with Crippen molar-refractivity contribution in [1.82, 2.24) is 14.0 Å². The molecule has 0 aromatic heterocycles. The molecule has 172 valence electrons. The smallest absolute Gasteiger partial charge is 0.329 e. The van der Waals surface area contributed by atoms with E-state index in [9.17, 15) is 0 Å². The Morgan fingerprint density at radius 1 is 0.839 bits per heavy atom. The van der Waals surface area contributed by atoms with Gasteiger partial charge in [0.05, 0.1) is 0 Å². The summed E-state index contributed by atoms with van der Waals surface area (Å²) in [5.74, 6) is 0.811. The van der Waals surface area contributed by atoms with Crippen LogP contribution >= 0.6 is 53.9 Å². The molecule has 0 unspecified atom stereocenters. The summed E-state index contributed by atoms with van der Waals surface area (Å²) in [4.78, 5) is 9.01. The van der Waals surface area contributed by atoms with Crippen molar-refractivity contribution >= 4 is 65.3 Å². The van der Waals surface area contributed by atoms with E-state index in [2.05, 4.69) is 4.91 Å². The third-order valence-electron chi connectivity index (χ3n) is 4.07. The number of hydrogen-bond acceptors (Lipinski definition) is 5. The molecule has 2 aromatic carbocycles. The van der Waals surface area contributed by atoms with Crippen molar-refractivity contribution in [2.75, 3.05) is 39.7 Å². The number of ether oxygens (including phenoxy) is 1. The molecule has 0 bridgehead atoms. The van der Waals surface area contributed by atoms with Crippen molar-refractivity contribution in [3.8, 4) is 11.5 Å². The Labute approximate surface area is 202 Å². The molecule has 0 saturated heterocycles. The topological polar surface area (TPSA) is 92.6 Å². The summed E-state index contributed by atoms with van der Waals surface area (Å²) in [5.41, 5.74) is 12.6. The van der Waals surface area contributed by atoms with Gasteiger partial charge in [0, 0.05) is 11.4 Å². The molecular weight excluding hydrogens is 505 g/mol. The van der Waals surface area contributed by atoms with Gasteiger partial charge >= 0.3 is 4.64 Å². The van der Waals surface area contributed by atoms with Crippen LogP contribution in [0, 0.1) is 0 Å². The minimum absolute atomic E-state index is 0.355. The summed E-state index contributed by atoms with van der Waals surface area (Å²) in [6.45, 7) is 0. The molecule has 0 spiro atoms. The van der Waals surface area contributed by atoms with Crippen LogP contribution in [0.1, 0.15) is 0 Å². The highest BCUT2D eigenvalue weighted by molar-refractivity contribution is 7.59. The van der Waals surface area contributed by atoms with Gasteiger partial charge in [0.2, 0.25) is 7.51 Å². The molecular formula is C18H25Cl4N6O2P. The van der Waals surface area contributed by atoms with Crippen LogP contribution in [-0.2, 0) is 0 Å². The van der Waals surface area contributed by atoms with Crippen LogP contribution in [0.5, 0.6) is 11.5 Å². The van der Waals surface area contributed by atoms with Crippen LogP contribution in [0.4, 0.5) is 11.4 Å². The Morgan fingerprint density at radius 3 is 1.65 bits per heavy atom. The van der Waals surface area contributed by atoms with Crippen molar-refractivity contribution in [3.05, 3.63) is 48.5 Å². The highest BCUT2D eigenvalue weighted by Crippen LogP contribution is 2.63. The van der Waals surface area contributed by atoms with E-state index in [1.807, 2.05) is 0 Å². The number of benzene rings is 2.